The molecule has 8 aromatic carbocycles. The predicted molar refractivity (Wildman–Crippen MR) is 240 cm³/mol. The van der Waals surface area contributed by atoms with Gasteiger partial charge in [-0.15, -0.1) is 22.7 Å². The molecule has 0 bridgehead atoms. The van der Waals surface area contributed by atoms with Gasteiger partial charge < -0.3 is 4.42 Å². The maximum absolute atomic E-state index is 7.06. The van der Waals surface area contributed by atoms with Crippen LogP contribution in [0.2, 0.25) is 0 Å². The van der Waals surface area contributed by atoms with Crippen molar-refractivity contribution in [2.24, 2.45) is 0 Å². The minimum absolute atomic E-state index is 0.651. The van der Waals surface area contributed by atoms with Gasteiger partial charge in [0.25, 0.3) is 0 Å². The zero-order chi connectivity index (χ0) is 37.5. The number of hydrogen-bond donors (Lipinski definition) is 0. The van der Waals surface area contributed by atoms with E-state index in [9.17, 15) is 0 Å². The standard InChI is InChI=1S/C51H29N3OS2/c1-3-14-30(15-4-1)49-52-50(31-16-5-2-6-17-31)54-51(53-49)42-28-13-27-41-40-26-12-25-39(47(40)57-48(41)42)36-22-10-20-34-33-19-9-21-35(44(33)55-45(34)36)38-24-11-23-37-32-18-7-8-29-43(32)56-46(37)38/h1-29H. The molecule has 0 unspecified atom stereocenters. The van der Waals surface area contributed by atoms with E-state index in [-0.39, 0.29) is 0 Å². The van der Waals surface area contributed by atoms with Gasteiger partial charge in [-0.05, 0) is 12.1 Å². The number of hydrogen-bond acceptors (Lipinski definition) is 6. The van der Waals surface area contributed by atoms with Crippen molar-refractivity contribution in [3.8, 4) is 56.4 Å². The Morgan fingerprint density at radius 1 is 0.298 bits per heavy atom. The van der Waals surface area contributed by atoms with Gasteiger partial charge in [0, 0.05) is 90.1 Å². The minimum atomic E-state index is 0.651. The highest BCUT2D eigenvalue weighted by Gasteiger charge is 2.21. The van der Waals surface area contributed by atoms with Crippen LogP contribution in [0.15, 0.2) is 180 Å². The average molecular weight is 764 g/mol. The molecule has 0 aliphatic carbocycles. The lowest BCUT2D eigenvalue weighted by Crippen LogP contribution is -2.00. The Morgan fingerprint density at radius 3 is 1.28 bits per heavy atom. The molecule has 266 valence electrons. The first-order chi connectivity index (χ1) is 28.3. The third kappa shape index (κ3) is 5.08. The summed E-state index contributed by atoms with van der Waals surface area (Å²) in [6, 6.07) is 61.7. The molecule has 12 rings (SSSR count). The van der Waals surface area contributed by atoms with E-state index in [1.165, 1.54) is 41.2 Å². The van der Waals surface area contributed by atoms with Crippen LogP contribution in [0.1, 0.15) is 0 Å². The van der Waals surface area contributed by atoms with Gasteiger partial charge in [-0.1, -0.05) is 164 Å². The number of nitrogens with zero attached hydrogens (tertiary/aromatic N) is 3. The van der Waals surface area contributed by atoms with Crippen LogP contribution in [0, 0.1) is 0 Å². The van der Waals surface area contributed by atoms with E-state index < -0.39 is 0 Å². The van der Waals surface area contributed by atoms with Gasteiger partial charge >= 0.3 is 0 Å². The number of furan rings is 1. The molecule has 0 N–H and O–H groups in total. The van der Waals surface area contributed by atoms with Crippen LogP contribution >= 0.6 is 22.7 Å². The molecule has 0 aliphatic heterocycles. The highest BCUT2D eigenvalue weighted by atomic mass is 32.1. The number of aromatic nitrogens is 3. The first kappa shape index (κ1) is 32.3. The summed E-state index contributed by atoms with van der Waals surface area (Å²) in [6.45, 7) is 0. The maximum Gasteiger partial charge on any atom is 0.165 e. The van der Waals surface area contributed by atoms with Gasteiger partial charge in [0.2, 0.25) is 0 Å². The molecule has 4 heterocycles. The second kappa shape index (κ2) is 12.8. The summed E-state index contributed by atoms with van der Waals surface area (Å²) in [6.07, 6.45) is 0. The molecule has 0 fully saturated rings. The largest absolute Gasteiger partial charge is 0.455 e. The van der Waals surface area contributed by atoms with Crippen molar-refractivity contribution in [2.45, 2.75) is 0 Å². The number of rotatable bonds is 5. The highest BCUT2D eigenvalue weighted by molar-refractivity contribution is 7.27. The SMILES string of the molecule is c1ccc(-c2nc(-c3ccccc3)nc(-c3cccc4c3sc3c(-c5cccc6c5oc5c(-c7cccc8c7sc7ccccc78)cccc56)cccc34)n2)cc1. The molecule has 0 amide bonds. The molecule has 0 atom stereocenters. The van der Waals surface area contributed by atoms with Gasteiger partial charge in [-0.2, -0.15) is 0 Å². The van der Waals surface area contributed by atoms with Crippen molar-refractivity contribution in [3.63, 3.8) is 0 Å². The number of benzene rings is 8. The molecule has 57 heavy (non-hydrogen) atoms. The first-order valence-electron chi connectivity index (χ1n) is 18.9. The second-order valence-corrected chi connectivity index (χ2v) is 16.3. The number of para-hydroxylation sites is 2. The summed E-state index contributed by atoms with van der Waals surface area (Å²) in [4.78, 5) is 15.1. The van der Waals surface area contributed by atoms with E-state index in [1.54, 1.807) is 11.3 Å². The Bertz CT molecular complexity index is 3470. The summed E-state index contributed by atoms with van der Waals surface area (Å²) in [5.74, 6) is 1.96. The highest BCUT2D eigenvalue weighted by Crippen LogP contribution is 2.48. The summed E-state index contributed by atoms with van der Waals surface area (Å²) >= 11 is 3.63. The lowest BCUT2D eigenvalue weighted by atomic mass is 9.98. The molecule has 12 aromatic rings. The lowest BCUT2D eigenvalue weighted by molar-refractivity contribution is 0.671. The smallest absolute Gasteiger partial charge is 0.165 e. The lowest BCUT2D eigenvalue weighted by Gasteiger charge is -2.09. The van der Waals surface area contributed by atoms with Gasteiger partial charge in [-0.25, -0.2) is 15.0 Å². The molecule has 6 heteroatoms. The van der Waals surface area contributed by atoms with Crippen LogP contribution < -0.4 is 0 Å². The molecule has 0 saturated carbocycles. The Labute approximate surface area is 335 Å². The Balaban J connectivity index is 1.05. The number of thiophene rings is 2. The molecule has 4 aromatic heterocycles. The summed E-state index contributed by atoms with van der Waals surface area (Å²) in [5, 5.41) is 7.17. The summed E-state index contributed by atoms with van der Waals surface area (Å²) in [7, 11) is 0. The van der Waals surface area contributed by atoms with Gasteiger partial charge in [-0.3, -0.25) is 0 Å². The van der Waals surface area contributed by atoms with E-state index >= 15 is 0 Å². The fraction of sp³-hybridized carbons (Fsp3) is 0. The molecule has 4 nitrogen and oxygen atoms in total. The van der Waals surface area contributed by atoms with Crippen molar-refractivity contribution in [1.82, 2.24) is 15.0 Å². The van der Waals surface area contributed by atoms with E-state index in [4.69, 9.17) is 19.4 Å². The zero-order valence-corrected chi connectivity index (χ0v) is 31.9. The Morgan fingerprint density at radius 2 is 0.702 bits per heavy atom. The predicted octanol–water partition coefficient (Wildman–Crippen LogP) is 14.8. The van der Waals surface area contributed by atoms with Crippen LogP contribution in [0.3, 0.4) is 0 Å². The van der Waals surface area contributed by atoms with Crippen molar-refractivity contribution in [2.75, 3.05) is 0 Å². The van der Waals surface area contributed by atoms with Crippen LogP contribution in [-0.4, -0.2) is 15.0 Å². The van der Waals surface area contributed by atoms with Crippen molar-refractivity contribution in [3.05, 3.63) is 176 Å². The van der Waals surface area contributed by atoms with Crippen molar-refractivity contribution < 1.29 is 4.42 Å². The van der Waals surface area contributed by atoms with E-state index in [2.05, 4.69) is 115 Å². The fourth-order valence-corrected chi connectivity index (χ4v) is 10.9. The molecule has 0 spiro atoms. The molecule has 0 aliphatic rings. The third-order valence-corrected chi connectivity index (χ3v) is 13.5. The van der Waals surface area contributed by atoms with Gasteiger partial charge in [0.1, 0.15) is 11.2 Å². The normalized spacial score (nSPS) is 11.9. The average Bonchev–Trinajstić information content (AvgIpc) is 3.98. The van der Waals surface area contributed by atoms with E-state index in [1.807, 2.05) is 72.0 Å². The van der Waals surface area contributed by atoms with Crippen LogP contribution in [-0.2, 0) is 0 Å². The molecule has 0 radical (unpaired) electrons. The van der Waals surface area contributed by atoms with Crippen LogP contribution in [0.25, 0.3) is 119 Å². The second-order valence-electron chi connectivity index (χ2n) is 14.3. The van der Waals surface area contributed by atoms with Gasteiger partial charge in [0.05, 0.1) is 0 Å². The Hall–Kier alpha value is -6.99. The molecular formula is C51H29N3OS2. The van der Waals surface area contributed by atoms with Crippen LogP contribution in [0.4, 0.5) is 0 Å². The van der Waals surface area contributed by atoms with Crippen molar-refractivity contribution in [1.29, 1.82) is 0 Å². The van der Waals surface area contributed by atoms with Crippen LogP contribution in [0.5, 0.6) is 0 Å². The fourth-order valence-electron chi connectivity index (χ4n) is 8.34. The zero-order valence-electron chi connectivity index (χ0n) is 30.3. The quantitative estimate of drug-likeness (QED) is 0.175. The first-order valence-corrected chi connectivity index (χ1v) is 20.6. The van der Waals surface area contributed by atoms with Crippen molar-refractivity contribution >= 4 is 85.0 Å². The third-order valence-electron chi connectivity index (χ3n) is 11.0. The number of fused-ring (bicyclic) bond motifs is 9. The van der Waals surface area contributed by atoms with E-state index in [0.29, 0.717) is 17.5 Å². The molecular weight excluding hydrogens is 735 g/mol. The molecule has 0 saturated heterocycles. The monoisotopic (exact) mass is 763 g/mol. The van der Waals surface area contributed by atoms with E-state index in [0.717, 1.165) is 60.0 Å². The topological polar surface area (TPSA) is 51.8 Å². The maximum atomic E-state index is 7.06. The van der Waals surface area contributed by atoms with Gasteiger partial charge in [0.15, 0.2) is 17.5 Å². The summed E-state index contributed by atoms with van der Waals surface area (Å²) < 4.78 is 12.0. The Kier molecular flexibility index (Phi) is 7.24. The summed E-state index contributed by atoms with van der Waals surface area (Å²) in [5.41, 5.74) is 9.22. The minimum Gasteiger partial charge on any atom is -0.455 e.